The molecular formula is C13H18N4O. The SMILES string of the molecule is CNCCC(=O)NCCn1cnc2ccccc21. The molecule has 0 unspecified atom stereocenters. The molecule has 96 valence electrons. The van der Waals surface area contributed by atoms with E-state index in [0.717, 1.165) is 17.6 Å². The molecule has 0 saturated heterocycles. The van der Waals surface area contributed by atoms with Gasteiger partial charge in [0.2, 0.25) is 5.91 Å². The molecule has 0 bridgehead atoms. The van der Waals surface area contributed by atoms with Crippen LogP contribution >= 0.6 is 0 Å². The van der Waals surface area contributed by atoms with E-state index in [-0.39, 0.29) is 5.91 Å². The number of hydrogen-bond donors (Lipinski definition) is 2. The summed E-state index contributed by atoms with van der Waals surface area (Å²) >= 11 is 0. The van der Waals surface area contributed by atoms with Gasteiger partial charge in [0.25, 0.3) is 0 Å². The minimum atomic E-state index is 0.0776. The van der Waals surface area contributed by atoms with Crippen LogP contribution in [-0.2, 0) is 11.3 Å². The van der Waals surface area contributed by atoms with Gasteiger partial charge in [-0.05, 0) is 19.2 Å². The Morgan fingerprint density at radius 2 is 2.17 bits per heavy atom. The molecule has 0 aliphatic heterocycles. The molecule has 0 aliphatic carbocycles. The van der Waals surface area contributed by atoms with E-state index in [2.05, 4.69) is 15.6 Å². The van der Waals surface area contributed by atoms with Crippen molar-refractivity contribution >= 4 is 16.9 Å². The lowest BCUT2D eigenvalue weighted by molar-refractivity contribution is -0.121. The number of imidazole rings is 1. The Morgan fingerprint density at radius 1 is 1.33 bits per heavy atom. The number of hydrogen-bond acceptors (Lipinski definition) is 3. The fraction of sp³-hybridized carbons (Fsp3) is 0.385. The van der Waals surface area contributed by atoms with Crippen LogP contribution in [0, 0.1) is 0 Å². The molecule has 0 spiro atoms. The highest BCUT2D eigenvalue weighted by molar-refractivity contribution is 5.76. The Bertz CT molecular complexity index is 520. The van der Waals surface area contributed by atoms with Crippen LogP contribution < -0.4 is 10.6 Å². The van der Waals surface area contributed by atoms with Crippen molar-refractivity contribution in [1.82, 2.24) is 20.2 Å². The zero-order chi connectivity index (χ0) is 12.8. The van der Waals surface area contributed by atoms with Gasteiger partial charge < -0.3 is 15.2 Å². The monoisotopic (exact) mass is 246 g/mol. The number of rotatable bonds is 6. The molecule has 1 amide bonds. The van der Waals surface area contributed by atoms with Gasteiger partial charge in [-0.2, -0.15) is 0 Å². The zero-order valence-electron chi connectivity index (χ0n) is 10.5. The van der Waals surface area contributed by atoms with E-state index in [9.17, 15) is 4.79 Å². The van der Waals surface area contributed by atoms with Gasteiger partial charge in [0.1, 0.15) is 0 Å². The first-order valence-corrected chi connectivity index (χ1v) is 6.12. The van der Waals surface area contributed by atoms with Crippen LogP contribution in [0.15, 0.2) is 30.6 Å². The van der Waals surface area contributed by atoms with Crippen molar-refractivity contribution in [3.8, 4) is 0 Å². The number of carbonyl (C=O) groups is 1. The third-order valence-electron chi connectivity index (χ3n) is 2.80. The number of para-hydroxylation sites is 2. The topological polar surface area (TPSA) is 59.0 Å². The number of nitrogens with zero attached hydrogens (tertiary/aromatic N) is 2. The van der Waals surface area contributed by atoms with Crippen LogP contribution in [-0.4, -0.2) is 35.6 Å². The number of carbonyl (C=O) groups excluding carboxylic acids is 1. The fourth-order valence-corrected chi connectivity index (χ4v) is 1.83. The van der Waals surface area contributed by atoms with Gasteiger partial charge in [-0.15, -0.1) is 0 Å². The third-order valence-corrected chi connectivity index (χ3v) is 2.80. The Labute approximate surface area is 106 Å². The van der Waals surface area contributed by atoms with E-state index >= 15 is 0 Å². The summed E-state index contributed by atoms with van der Waals surface area (Å²) in [4.78, 5) is 15.7. The number of aromatic nitrogens is 2. The van der Waals surface area contributed by atoms with Crippen LogP contribution in [0.5, 0.6) is 0 Å². The quantitative estimate of drug-likeness (QED) is 0.791. The van der Waals surface area contributed by atoms with Crippen molar-refractivity contribution in [3.05, 3.63) is 30.6 Å². The van der Waals surface area contributed by atoms with E-state index in [0.29, 0.717) is 19.5 Å². The fourth-order valence-electron chi connectivity index (χ4n) is 1.83. The van der Waals surface area contributed by atoms with Gasteiger partial charge in [0, 0.05) is 26.1 Å². The van der Waals surface area contributed by atoms with E-state index < -0.39 is 0 Å². The maximum absolute atomic E-state index is 11.4. The lowest BCUT2D eigenvalue weighted by atomic mass is 10.3. The maximum atomic E-state index is 11.4. The predicted octanol–water partition coefficient (Wildman–Crippen LogP) is 0.762. The van der Waals surface area contributed by atoms with Crippen molar-refractivity contribution in [1.29, 1.82) is 0 Å². The second-order valence-electron chi connectivity index (χ2n) is 4.13. The molecule has 0 aliphatic rings. The van der Waals surface area contributed by atoms with Gasteiger partial charge in [-0.25, -0.2) is 4.98 Å². The van der Waals surface area contributed by atoms with E-state index in [1.807, 2.05) is 42.2 Å². The first-order chi connectivity index (χ1) is 8.81. The molecule has 5 heteroatoms. The lowest BCUT2D eigenvalue weighted by Crippen LogP contribution is -2.29. The lowest BCUT2D eigenvalue weighted by Gasteiger charge is -2.06. The molecule has 1 heterocycles. The molecule has 1 aromatic carbocycles. The molecule has 1 aromatic heterocycles. The summed E-state index contributed by atoms with van der Waals surface area (Å²) in [5.74, 6) is 0.0776. The first-order valence-electron chi connectivity index (χ1n) is 6.12. The second kappa shape index (κ2) is 6.16. The summed E-state index contributed by atoms with van der Waals surface area (Å²) in [5, 5.41) is 5.84. The highest BCUT2D eigenvalue weighted by atomic mass is 16.1. The molecule has 0 radical (unpaired) electrons. The number of amides is 1. The molecule has 0 atom stereocenters. The summed E-state index contributed by atoms with van der Waals surface area (Å²) in [7, 11) is 1.84. The number of benzene rings is 1. The van der Waals surface area contributed by atoms with Crippen molar-refractivity contribution in [2.75, 3.05) is 20.1 Å². The molecule has 5 nitrogen and oxygen atoms in total. The molecular weight excluding hydrogens is 228 g/mol. The average Bonchev–Trinajstić information content (AvgIpc) is 2.80. The summed E-state index contributed by atoms with van der Waals surface area (Å²) in [6.45, 7) is 2.08. The highest BCUT2D eigenvalue weighted by Gasteiger charge is 2.02. The Balaban J connectivity index is 1.85. The molecule has 0 fully saturated rings. The summed E-state index contributed by atoms with van der Waals surface area (Å²) in [5.41, 5.74) is 2.08. The number of nitrogens with one attached hydrogen (secondary N) is 2. The van der Waals surface area contributed by atoms with E-state index in [1.165, 1.54) is 0 Å². The van der Waals surface area contributed by atoms with Crippen molar-refractivity contribution in [3.63, 3.8) is 0 Å². The minimum Gasteiger partial charge on any atom is -0.354 e. The Hall–Kier alpha value is -1.88. The van der Waals surface area contributed by atoms with Crippen molar-refractivity contribution in [2.24, 2.45) is 0 Å². The van der Waals surface area contributed by atoms with Gasteiger partial charge in [-0.1, -0.05) is 12.1 Å². The van der Waals surface area contributed by atoms with Crippen LogP contribution in [0.25, 0.3) is 11.0 Å². The largest absolute Gasteiger partial charge is 0.354 e. The summed E-state index contributed by atoms with van der Waals surface area (Å²) < 4.78 is 2.05. The molecule has 2 rings (SSSR count). The molecule has 2 aromatic rings. The van der Waals surface area contributed by atoms with Gasteiger partial charge in [0.15, 0.2) is 0 Å². The zero-order valence-corrected chi connectivity index (χ0v) is 10.5. The second-order valence-corrected chi connectivity index (χ2v) is 4.13. The van der Waals surface area contributed by atoms with Crippen molar-refractivity contribution < 1.29 is 4.79 Å². The van der Waals surface area contributed by atoms with Crippen LogP contribution in [0.4, 0.5) is 0 Å². The standard InChI is InChI=1S/C13H18N4O/c1-14-7-6-13(18)15-8-9-17-10-16-11-4-2-3-5-12(11)17/h2-5,10,14H,6-9H2,1H3,(H,15,18). The van der Waals surface area contributed by atoms with Crippen LogP contribution in [0.1, 0.15) is 6.42 Å². The first kappa shape index (κ1) is 12.6. The van der Waals surface area contributed by atoms with Gasteiger partial charge >= 0.3 is 0 Å². The number of fused-ring (bicyclic) bond motifs is 1. The maximum Gasteiger partial charge on any atom is 0.221 e. The predicted molar refractivity (Wildman–Crippen MR) is 71.3 cm³/mol. The van der Waals surface area contributed by atoms with Crippen molar-refractivity contribution in [2.45, 2.75) is 13.0 Å². The van der Waals surface area contributed by atoms with Gasteiger partial charge in [-0.3, -0.25) is 4.79 Å². The van der Waals surface area contributed by atoms with Gasteiger partial charge in [0.05, 0.1) is 17.4 Å². The van der Waals surface area contributed by atoms with Crippen LogP contribution in [0.3, 0.4) is 0 Å². The summed E-state index contributed by atoms with van der Waals surface area (Å²) in [6.07, 6.45) is 2.32. The molecule has 0 saturated carbocycles. The Morgan fingerprint density at radius 3 is 3.00 bits per heavy atom. The highest BCUT2D eigenvalue weighted by Crippen LogP contribution is 2.10. The Kier molecular flexibility index (Phi) is 4.30. The summed E-state index contributed by atoms with van der Waals surface area (Å²) in [6, 6.07) is 7.98. The normalized spacial score (nSPS) is 10.7. The minimum absolute atomic E-state index is 0.0776. The van der Waals surface area contributed by atoms with E-state index in [1.54, 1.807) is 0 Å². The van der Waals surface area contributed by atoms with Crippen LogP contribution in [0.2, 0.25) is 0 Å². The third kappa shape index (κ3) is 3.07. The average molecular weight is 246 g/mol. The molecule has 2 N–H and O–H groups in total. The van der Waals surface area contributed by atoms with E-state index in [4.69, 9.17) is 0 Å². The molecule has 18 heavy (non-hydrogen) atoms. The smallest absolute Gasteiger partial charge is 0.221 e.